The molecule has 3 heteroatoms. The summed E-state index contributed by atoms with van der Waals surface area (Å²) in [5.41, 5.74) is -0.0225. The van der Waals surface area contributed by atoms with Crippen molar-refractivity contribution in [2.24, 2.45) is 5.41 Å². The smallest absolute Gasteiger partial charge is 0.152 e. The van der Waals surface area contributed by atoms with Gasteiger partial charge >= 0.3 is 0 Å². The molecule has 1 N–H and O–H groups in total. The van der Waals surface area contributed by atoms with Crippen LogP contribution >= 0.6 is 0 Å². The third-order valence-corrected chi connectivity index (χ3v) is 3.38. The maximum Gasteiger partial charge on any atom is 0.152 e. The monoisotopic (exact) mass is 240 g/mol. The van der Waals surface area contributed by atoms with E-state index in [0.717, 1.165) is 25.9 Å². The van der Waals surface area contributed by atoms with Crippen molar-refractivity contribution >= 4 is 0 Å². The van der Waals surface area contributed by atoms with Gasteiger partial charge in [0.2, 0.25) is 0 Å². The summed E-state index contributed by atoms with van der Waals surface area (Å²) in [7, 11) is 1.60. The van der Waals surface area contributed by atoms with E-state index < -0.39 is 0 Å². The summed E-state index contributed by atoms with van der Waals surface area (Å²) >= 11 is 0. The molecule has 0 aromatic rings. The van der Waals surface area contributed by atoms with Crippen LogP contribution in [-0.2, 0) is 9.47 Å². The van der Waals surface area contributed by atoms with Gasteiger partial charge in [-0.05, 0) is 18.9 Å². The summed E-state index contributed by atoms with van der Waals surface area (Å²) in [6.45, 7) is 5.80. The first-order valence-electron chi connectivity index (χ1n) is 6.40. The van der Waals surface area contributed by atoms with Crippen molar-refractivity contribution in [3.05, 3.63) is 23.7 Å². The van der Waals surface area contributed by atoms with Gasteiger partial charge in [0.15, 0.2) is 5.76 Å². The molecule has 98 valence electrons. The summed E-state index contributed by atoms with van der Waals surface area (Å²) in [5.74, 6) is 0.901. The Balaban J connectivity index is 2.57. The van der Waals surface area contributed by atoms with Crippen LogP contribution in [0.5, 0.6) is 0 Å². The molecule has 3 nitrogen and oxygen atoms in total. The fourth-order valence-electron chi connectivity index (χ4n) is 1.96. The maximum atomic E-state index is 9.63. The van der Waals surface area contributed by atoms with Crippen LogP contribution < -0.4 is 0 Å². The van der Waals surface area contributed by atoms with E-state index in [9.17, 15) is 5.11 Å². The lowest BCUT2D eigenvalue weighted by atomic mass is 9.79. The van der Waals surface area contributed by atoms with E-state index in [0.29, 0.717) is 18.8 Å². The molecule has 0 aromatic heterocycles. The average molecular weight is 240 g/mol. The van der Waals surface area contributed by atoms with Crippen LogP contribution in [0.1, 0.15) is 39.5 Å². The number of methoxy groups -OCH3 is 1. The molecule has 0 heterocycles. The molecule has 0 fully saturated rings. The lowest BCUT2D eigenvalue weighted by Gasteiger charge is -2.32. The van der Waals surface area contributed by atoms with Crippen LogP contribution in [0.2, 0.25) is 0 Å². The molecule has 1 atom stereocenters. The Bertz CT molecular complexity index is 294. The van der Waals surface area contributed by atoms with Crippen molar-refractivity contribution in [3.8, 4) is 0 Å². The number of ether oxygens (including phenoxy) is 2. The van der Waals surface area contributed by atoms with Crippen molar-refractivity contribution in [3.63, 3.8) is 0 Å². The van der Waals surface area contributed by atoms with Crippen LogP contribution in [0.25, 0.3) is 0 Å². The lowest BCUT2D eigenvalue weighted by Crippen LogP contribution is -2.27. The second-order valence-electron chi connectivity index (χ2n) is 4.64. The zero-order valence-corrected chi connectivity index (χ0v) is 11.2. The largest absolute Gasteiger partial charge is 0.504 e. The quantitative estimate of drug-likeness (QED) is 0.691. The first-order valence-corrected chi connectivity index (χ1v) is 6.40. The summed E-state index contributed by atoms with van der Waals surface area (Å²) in [6.07, 6.45) is 7.73. The molecule has 1 aliphatic rings. The highest BCUT2D eigenvalue weighted by Crippen LogP contribution is 2.37. The summed E-state index contributed by atoms with van der Waals surface area (Å²) in [4.78, 5) is 0. The molecule has 0 aliphatic heterocycles. The van der Waals surface area contributed by atoms with Crippen LogP contribution in [0.3, 0.4) is 0 Å². The van der Waals surface area contributed by atoms with Crippen molar-refractivity contribution in [2.75, 3.05) is 20.3 Å². The van der Waals surface area contributed by atoms with Crippen LogP contribution in [0, 0.1) is 5.41 Å². The minimum Gasteiger partial charge on any atom is -0.504 e. The Morgan fingerprint density at radius 2 is 2.18 bits per heavy atom. The number of aliphatic hydroxyl groups excluding tert-OH is 1. The van der Waals surface area contributed by atoms with Gasteiger partial charge in [0.1, 0.15) is 5.76 Å². The van der Waals surface area contributed by atoms with Crippen LogP contribution in [0.4, 0.5) is 0 Å². The topological polar surface area (TPSA) is 38.7 Å². The molecule has 0 radical (unpaired) electrons. The molecule has 0 saturated heterocycles. The predicted molar refractivity (Wildman–Crippen MR) is 68.9 cm³/mol. The van der Waals surface area contributed by atoms with Crippen LogP contribution in [0.15, 0.2) is 23.7 Å². The number of allylic oxidation sites excluding steroid dienone is 2. The van der Waals surface area contributed by atoms with Gasteiger partial charge in [-0.3, -0.25) is 0 Å². The van der Waals surface area contributed by atoms with Gasteiger partial charge in [-0.15, -0.1) is 0 Å². The summed E-state index contributed by atoms with van der Waals surface area (Å²) < 4.78 is 10.9. The minimum atomic E-state index is -0.0225. The van der Waals surface area contributed by atoms with Crippen LogP contribution in [-0.4, -0.2) is 25.4 Å². The molecular formula is C14H24O3. The van der Waals surface area contributed by atoms with E-state index in [4.69, 9.17) is 9.47 Å². The van der Waals surface area contributed by atoms with Crippen molar-refractivity contribution in [1.82, 2.24) is 0 Å². The highest BCUT2D eigenvalue weighted by atomic mass is 16.5. The first-order chi connectivity index (χ1) is 8.17. The molecular weight excluding hydrogens is 216 g/mol. The molecule has 0 saturated carbocycles. The number of rotatable bonds is 7. The lowest BCUT2D eigenvalue weighted by molar-refractivity contribution is 0.0528. The van der Waals surface area contributed by atoms with E-state index in [2.05, 4.69) is 19.9 Å². The zero-order valence-electron chi connectivity index (χ0n) is 11.2. The van der Waals surface area contributed by atoms with E-state index in [1.807, 2.05) is 0 Å². The molecule has 1 rings (SSSR count). The third-order valence-electron chi connectivity index (χ3n) is 3.38. The molecule has 0 aromatic carbocycles. The Labute approximate surface area is 104 Å². The van der Waals surface area contributed by atoms with Crippen molar-refractivity contribution in [1.29, 1.82) is 0 Å². The molecule has 17 heavy (non-hydrogen) atoms. The maximum absolute atomic E-state index is 9.63. The van der Waals surface area contributed by atoms with Gasteiger partial charge in [-0.25, -0.2) is 0 Å². The summed E-state index contributed by atoms with van der Waals surface area (Å²) in [6, 6.07) is 0. The van der Waals surface area contributed by atoms with Gasteiger partial charge in [-0.2, -0.15) is 0 Å². The SMILES string of the molecule is CCCCOCC1(CC)C=CC(O)=C(OC)C1. The third kappa shape index (κ3) is 3.77. The van der Waals surface area contributed by atoms with Gasteiger partial charge in [0, 0.05) is 18.4 Å². The molecule has 0 spiro atoms. The Morgan fingerprint density at radius 3 is 2.76 bits per heavy atom. The highest BCUT2D eigenvalue weighted by molar-refractivity contribution is 5.25. The number of hydrogen-bond donors (Lipinski definition) is 1. The van der Waals surface area contributed by atoms with Gasteiger partial charge in [-0.1, -0.05) is 26.3 Å². The van der Waals surface area contributed by atoms with E-state index in [-0.39, 0.29) is 11.2 Å². The Morgan fingerprint density at radius 1 is 1.41 bits per heavy atom. The molecule has 1 aliphatic carbocycles. The second kappa shape index (κ2) is 6.70. The van der Waals surface area contributed by atoms with E-state index in [1.165, 1.54) is 0 Å². The standard InChI is InChI=1S/C14H24O3/c1-4-6-9-17-11-14(5-2)8-7-12(15)13(10-14)16-3/h7-8,15H,4-6,9-11H2,1-3H3. The highest BCUT2D eigenvalue weighted by Gasteiger charge is 2.31. The number of unbranched alkanes of at least 4 members (excludes halogenated alkanes) is 1. The molecule has 0 bridgehead atoms. The average Bonchev–Trinajstić information content (AvgIpc) is 2.37. The van der Waals surface area contributed by atoms with Crippen molar-refractivity contribution < 1.29 is 14.6 Å². The Kier molecular flexibility index (Phi) is 5.56. The van der Waals surface area contributed by atoms with Gasteiger partial charge in [0.05, 0.1) is 13.7 Å². The van der Waals surface area contributed by atoms with Gasteiger partial charge in [0.25, 0.3) is 0 Å². The zero-order chi connectivity index (χ0) is 12.7. The second-order valence-corrected chi connectivity index (χ2v) is 4.64. The minimum absolute atomic E-state index is 0.0225. The Hall–Kier alpha value is -0.960. The predicted octanol–water partition coefficient (Wildman–Crippen LogP) is 3.58. The fraction of sp³-hybridized carbons (Fsp3) is 0.714. The molecule has 1 unspecified atom stereocenters. The van der Waals surface area contributed by atoms with Crippen molar-refractivity contribution in [2.45, 2.75) is 39.5 Å². The normalized spacial score (nSPS) is 24.2. The number of aliphatic hydroxyl groups is 1. The molecule has 0 amide bonds. The van der Waals surface area contributed by atoms with E-state index >= 15 is 0 Å². The number of hydrogen-bond acceptors (Lipinski definition) is 3. The first kappa shape index (κ1) is 14.1. The fourth-order valence-corrected chi connectivity index (χ4v) is 1.96. The van der Waals surface area contributed by atoms with E-state index in [1.54, 1.807) is 13.2 Å². The summed E-state index contributed by atoms with van der Waals surface area (Å²) in [5, 5.41) is 9.63. The van der Waals surface area contributed by atoms with Gasteiger partial charge < -0.3 is 14.6 Å².